The highest BCUT2D eigenvalue weighted by molar-refractivity contribution is 7.98. The van der Waals surface area contributed by atoms with Gasteiger partial charge in [0.15, 0.2) is 0 Å². The van der Waals surface area contributed by atoms with E-state index in [2.05, 4.69) is 6.58 Å². The lowest BCUT2D eigenvalue weighted by Crippen LogP contribution is -2.45. The summed E-state index contributed by atoms with van der Waals surface area (Å²) in [5.74, 6) is -2.58. The fourth-order valence-electron chi connectivity index (χ4n) is 2.88. The molecule has 31 heavy (non-hydrogen) atoms. The van der Waals surface area contributed by atoms with Gasteiger partial charge >= 0.3 is 0 Å². The molecule has 0 aliphatic heterocycles. The first-order chi connectivity index (χ1) is 14.8. The second-order valence-corrected chi connectivity index (χ2v) is 9.03. The third kappa shape index (κ3) is 7.11. The van der Waals surface area contributed by atoms with Crippen molar-refractivity contribution >= 4 is 45.4 Å². The van der Waals surface area contributed by atoms with E-state index in [-0.39, 0.29) is 6.42 Å². The van der Waals surface area contributed by atoms with Gasteiger partial charge in [-0.1, -0.05) is 36.4 Å². The minimum absolute atomic E-state index is 0.0159. The van der Waals surface area contributed by atoms with Gasteiger partial charge in [0.25, 0.3) is 10.0 Å². The zero-order valence-electron chi connectivity index (χ0n) is 17.5. The summed E-state index contributed by atoms with van der Waals surface area (Å²) < 4.78 is 26.7. The number of allylic oxidation sites excluding steroid dienone is 1. The van der Waals surface area contributed by atoms with Crippen molar-refractivity contribution in [2.75, 3.05) is 17.7 Å². The molecule has 0 spiro atoms. The van der Waals surface area contributed by atoms with Crippen LogP contribution in [0.4, 0.5) is 5.69 Å². The third-order valence-electron chi connectivity index (χ3n) is 4.47. The number of carbonyl (C=O) groups excluding carboxylic acids is 2. The van der Waals surface area contributed by atoms with Gasteiger partial charge in [0, 0.05) is 17.1 Å². The molecule has 0 aliphatic carbocycles. The highest BCUT2D eigenvalue weighted by atomic mass is 32.2. The van der Waals surface area contributed by atoms with Crippen molar-refractivity contribution in [3.63, 3.8) is 0 Å². The highest BCUT2D eigenvalue weighted by Crippen LogP contribution is 2.23. The van der Waals surface area contributed by atoms with E-state index in [1.807, 2.05) is 29.2 Å². The SMILES string of the molecule is C=CCC(C(=O)NS(=O)(=O)C=Cc1ccccc1)C(=O)N(CC)c1ccc(SC)cc1. The van der Waals surface area contributed by atoms with Crippen LogP contribution in [0.2, 0.25) is 0 Å². The molecule has 1 atom stereocenters. The van der Waals surface area contributed by atoms with Crippen LogP contribution in [0.3, 0.4) is 0 Å². The van der Waals surface area contributed by atoms with Gasteiger partial charge in [-0.2, -0.15) is 0 Å². The van der Waals surface area contributed by atoms with Crippen LogP contribution < -0.4 is 9.62 Å². The van der Waals surface area contributed by atoms with E-state index < -0.39 is 27.8 Å². The van der Waals surface area contributed by atoms with Gasteiger partial charge in [-0.25, -0.2) is 13.1 Å². The zero-order chi connectivity index (χ0) is 22.9. The van der Waals surface area contributed by atoms with Gasteiger partial charge in [-0.05, 0) is 55.5 Å². The summed E-state index contributed by atoms with van der Waals surface area (Å²) in [5.41, 5.74) is 1.31. The smallest absolute Gasteiger partial charge is 0.257 e. The predicted molar refractivity (Wildman–Crippen MR) is 127 cm³/mol. The van der Waals surface area contributed by atoms with Gasteiger partial charge in [-0.3, -0.25) is 9.59 Å². The van der Waals surface area contributed by atoms with Gasteiger partial charge in [0.05, 0.1) is 5.41 Å². The van der Waals surface area contributed by atoms with Crippen LogP contribution in [0.5, 0.6) is 0 Å². The summed E-state index contributed by atoms with van der Waals surface area (Å²) in [5, 5.41) is 0.911. The van der Waals surface area contributed by atoms with Crippen LogP contribution in [0.1, 0.15) is 18.9 Å². The monoisotopic (exact) mass is 458 g/mol. The summed E-state index contributed by atoms with van der Waals surface area (Å²) in [4.78, 5) is 28.4. The highest BCUT2D eigenvalue weighted by Gasteiger charge is 2.31. The van der Waals surface area contributed by atoms with Crippen molar-refractivity contribution in [3.8, 4) is 0 Å². The normalized spacial score (nSPS) is 12.3. The van der Waals surface area contributed by atoms with E-state index in [1.165, 1.54) is 17.1 Å². The number of sulfonamides is 1. The summed E-state index contributed by atoms with van der Waals surface area (Å²) >= 11 is 1.58. The number of hydrogen-bond acceptors (Lipinski definition) is 5. The maximum absolute atomic E-state index is 13.1. The Kier molecular flexibility index (Phi) is 9.08. The summed E-state index contributed by atoms with van der Waals surface area (Å²) in [6.07, 6.45) is 4.78. The van der Waals surface area contributed by atoms with E-state index in [1.54, 1.807) is 55.1 Å². The molecule has 0 saturated carbocycles. The fourth-order valence-corrected chi connectivity index (χ4v) is 4.12. The number of anilines is 1. The van der Waals surface area contributed by atoms with Crippen molar-refractivity contribution in [2.24, 2.45) is 5.92 Å². The first-order valence-electron chi connectivity index (χ1n) is 9.67. The number of nitrogens with zero attached hydrogens (tertiary/aromatic N) is 1. The largest absolute Gasteiger partial charge is 0.312 e. The molecule has 2 aromatic carbocycles. The number of nitrogens with one attached hydrogen (secondary N) is 1. The van der Waals surface area contributed by atoms with Crippen molar-refractivity contribution in [1.82, 2.24) is 4.72 Å². The summed E-state index contributed by atoms with van der Waals surface area (Å²) in [7, 11) is -4.07. The van der Waals surface area contributed by atoms with Crippen molar-refractivity contribution in [1.29, 1.82) is 0 Å². The topological polar surface area (TPSA) is 83.5 Å². The van der Waals surface area contributed by atoms with E-state index >= 15 is 0 Å². The molecular formula is C23H26N2O4S2. The van der Waals surface area contributed by atoms with Crippen LogP contribution in [-0.4, -0.2) is 33.0 Å². The van der Waals surface area contributed by atoms with E-state index in [9.17, 15) is 18.0 Å². The average Bonchev–Trinajstić information content (AvgIpc) is 2.77. The van der Waals surface area contributed by atoms with Crippen LogP contribution >= 0.6 is 11.8 Å². The first kappa shape index (κ1) is 24.4. The minimum Gasteiger partial charge on any atom is -0.312 e. The maximum Gasteiger partial charge on any atom is 0.257 e. The van der Waals surface area contributed by atoms with E-state index in [4.69, 9.17) is 0 Å². The van der Waals surface area contributed by atoms with Crippen molar-refractivity contribution in [3.05, 3.63) is 78.2 Å². The summed E-state index contributed by atoms with van der Waals surface area (Å²) in [6, 6.07) is 16.2. The molecule has 1 unspecified atom stereocenters. The Balaban J connectivity index is 2.19. The molecule has 2 amide bonds. The van der Waals surface area contributed by atoms with Crippen LogP contribution in [-0.2, 0) is 19.6 Å². The molecule has 0 aromatic heterocycles. The fraction of sp³-hybridized carbons (Fsp3) is 0.217. The lowest BCUT2D eigenvalue weighted by molar-refractivity contribution is -0.132. The predicted octanol–water partition coefficient (Wildman–Crippen LogP) is 4.07. The molecule has 0 saturated heterocycles. The number of benzene rings is 2. The number of rotatable bonds is 10. The molecular weight excluding hydrogens is 432 g/mol. The van der Waals surface area contributed by atoms with Gasteiger partial charge in [0.1, 0.15) is 5.92 Å². The van der Waals surface area contributed by atoms with Gasteiger partial charge in [0.2, 0.25) is 11.8 Å². The van der Waals surface area contributed by atoms with Crippen LogP contribution in [0, 0.1) is 5.92 Å². The first-order valence-corrected chi connectivity index (χ1v) is 12.4. The minimum atomic E-state index is -4.07. The molecule has 2 rings (SSSR count). The molecule has 0 bridgehead atoms. The Hall–Kier alpha value is -2.84. The Bertz CT molecular complexity index is 1030. The Morgan fingerprint density at radius 1 is 1.13 bits per heavy atom. The standard InChI is InChI=1S/C23H26N2O4S2/c1-4-9-21(23(27)25(5-2)19-12-14-20(30-3)15-13-19)22(26)24-31(28,29)17-16-18-10-7-6-8-11-18/h4,6-8,10-17,21H,1,5,9H2,2-3H3,(H,24,26). The van der Waals surface area contributed by atoms with Gasteiger partial charge in [-0.15, -0.1) is 18.3 Å². The molecule has 0 radical (unpaired) electrons. The van der Waals surface area contributed by atoms with E-state index in [0.717, 1.165) is 10.3 Å². The second kappa shape index (κ2) is 11.5. The molecule has 1 N–H and O–H groups in total. The lowest BCUT2D eigenvalue weighted by atomic mass is 10.0. The zero-order valence-corrected chi connectivity index (χ0v) is 19.2. The van der Waals surface area contributed by atoms with E-state index in [0.29, 0.717) is 17.8 Å². The Morgan fingerprint density at radius 3 is 2.32 bits per heavy atom. The van der Waals surface area contributed by atoms with Crippen LogP contribution in [0.15, 0.2) is 77.6 Å². The summed E-state index contributed by atoms with van der Waals surface area (Å²) in [6.45, 7) is 5.73. The number of amides is 2. The average molecular weight is 459 g/mol. The molecule has 8 heteroatoms. The van der Waals surface area contributed by atoms with Crippen LogP contribution in [0.25, 0.3) is 6.08 Å². The Morgan fingerprint density at radius 2 is 1.77 bits per heavy atom. The lowest BCUT2D eigenvalue weighted by Gasteiger charge is -2.25. The molecule has 0 heterocycles. The van der Waals surface area contributed by atoms with Gasteiger partial charge < -0.3 is 4.90 Å². The van der Waals surface area contributed by atoms with Crippen molar-refractivity contribution in [2.45, 2.75) is 18.2 Å². The maximum atomic E-state index is 13.1. The quantitative estimate of drug-likeness (QED) is 0.330. The molecule has 2 aromatic rings. The number of carbonyl (C=O) groups is 2. The molecule has 0 fully saturated rings. The molecule has 6 nitrogen and oxygen atoms in total. The van der Waals surface area contributed by atoms with Crippen molar-refractivity contribution < 1.29 is 18.0 Å². The molecule has 0 aliphatic rings. The number of thioether (sulfide) groups is 1. The second-order valence-electron chi connectivity index (χ2n) is 6.58. The Labute approximate surface area is 188 Å². The number of hydrogen-bond donors (Lipinski definition) is 1. The third-order valence-corrected chi connectivity index (χ3v) is 6.19. The molecule has 164 valence electrons.